The number of amides is 2. The highest BCUT2D eigenvalue weighted by Crippen LogP contribution is 2.25. The van der Waals surface area contributed by atoms with Crippen LogP contribution in [0.2, 0.25) is 0 Å². The highest BCUT2D eigenvalue weighted by molar-refractivity contribution is 9.10. The summed E-state index contributed by atoms with van der Waals surface area (Å²) in [7, 11) is 0. The SMILES string of the molecule is CC(=O)NCC1CCN(C(=O)c2cc(C)n(-c3cccc(Br)c3)c2C)CC1. The van der Waals surface area contributed by atoms with Crippen LogP contribution >= 0.6 is 15.9 Å². The topological polar surface area (TPSA) is 54.3 Å². The van der Waals surface area contributed by atoms with Crippen LogP contribution in [0.1, 0.15) is 41.5 Å². The van der Waals surface area contributed by atoms with Gasteiger partial charge in [-0.1, -0.05) is 22.0 Å². The van der Waals surface area contributed by atoms with Crippen molar-refractivity contribution >= 4 is 27.7 Å². The summed E-state index contributed by atoms with van der Waals surface area (Å²) in [5, 5.41) is 2.88. The minimum Gasteiger partial charge on any atom is -0.356 e. The van der Waals surface area contributed by atoms with Crippen LogP contribution in [-0.2, 0) is 4.79 Å². The van der Waals surface area contributed by atoms with E-state index in [0.717, 1.165) is 53.0 Å². The van der Waals surface area contributed by atoms with Gasteiger partial charge in [-0.15, -0.1) is 0 Å². The molecule has 144 valence electrons. The molecule has 0 atom stereocenters. The van der Waals surface area contributed by atoms with E-state index in [4.69, 9.17) is 0 Å². The van der Waals surface area contributed by atoms with Gasteiger partial charge < -0.3 is 14.8 Å². The maximum absolute atomic E-state index is 13.1. The summed E-state index contributed by atoms with van der Waals surface area (Å²) in [5.74, 6) is 0.558. The van der Waals surface area contributed by atoms with Gasteiger partial charge >= 0.3 is 0 Å². The number of halogens is 1. The first-order valence-electron chi connectivity index (χ1n) is 9.35. The van der Waals surface area contributed by atoms with Crippen molar-refractivity contribution in [2.24, 2.45) is 5.92 Å². The van der Waals surface area contributed by atoms with E-state index < -0.39 is 0 Å². The molecule has 27 heavy (non-hydrogen) atoms. The van der Waals surface area contributed by atoms with Crippen LogP contribution in [0, 0.1) is 19.8 Å². The van der Waals surface area contributed by atoms with Gasteiger partial charge in [0.1, 0.15) is 0 Å². The standard InChI is InChI=1S/C21H26BrN3O2/c1-14-11-20(15(2)25(14)19-6-4-5-18(22)12-19)21(27)24-9-7-17(8-10-24)13-23-16(3)26/h4-6,11-12,17H,7-10,13H2,1-3H3,(H,23,26). The highest BCUT2D eigenvalue weighted by atomic mass is 79.9. The van der Waals surface area contributed by atoms with Crippen LogP contribution in [0.4, 0.5) is 0 Å². The van der Waals surface area contributed by atoms with Gasteiger partial charge in [-0.05, 0) is 56.9 Å². The number of nitrogens with zero attached hydrogens (tertiary/aromatic N) is 2. The zero-order valence-corrected chi connectivity index (χ0v) is 17.7. The van der Waals surface area contributed by atoms with Crippen LogP contribution < -0.4 is 5.32 Å². The van der Waals surface area contributed by atoms with E-state index in [1.807, 2.05) is 43.0 Å². The molecule has 5 nitrogen and oxygen atoms in total. The number of piperidine rings is 1. The average Bonchev–Trinajstić information content (AvgIpc) is 2.94. The van der Waals surface area contributed by atoms with E-state index in [9.17, 15) is 9.59 Å². The summed E-state index contributed by atoms with van der Waals surface area (Å²) >= 11 is 3.52. The van der Waals surface area contributed by atoms with Crippen LogP contribution in [0.5, 0.6) is 0 Å². The molecule has 2 heterocycles. The number of nitrogens with one attached hydrogen (secondary N) is 1. The summed E-state index contributed by atoms with van der Waals surface area (Å²) in [6, 6.07) is 10.1. The van der Waals surface area contributed by atoms with Crippen molar-refractivity contribution in [1.82, 2.24) is 14.8 Å². The van der Waals surface area contributed by atoms with Crippen molar-refractivity contribution in [2.45, 2.75) is 33.6 Å². The fourth-order valence-electron chi connectivity index (χ4n) is 3.79. The summed E-state index contributed by atoms with van der Waals surface area (Å²) in [4.78, 5) is 26.1. The molecular formula is C21H26BrN3O2. The molecule has 0 unspecified atom stereocenters. The molecule has 1 N–H and O–H groups in total. The van der Waals surface area contributed by atoms with E-state index in [-0.39, 0.29) is 11.8 Å². The molecule has 0 aliphatic carbocycles. The molecule has 0 spiro atoms. The number of rotatable bonds is 4. The van der Waals surface area contributed by atoms with Gasteiger partial charge in [0.05, 0.1) is 5.56 Å². The van der Waals surface area contributed by atoms with Crippen LogP contribution in [0.3, 0.4) is 0 Å². The van der Waals surface area contributed by atoms with Crippen molar-refractivity contribution in [1.29, 1.82) is 0 Å². The minimum atomic E-state index is 0.00787. The molecule has 1 aliphatic heterocycles. The zero-order valence-electron chi connectivity index (χ0n) is 16.1. The third-order valence-electron chi connectivity index (χ3n) is 5.27. The smallest absolute Gasteiger partial charge is 0.255 e. The van der Waals surface area contributed by atoms with E-state index in [0.29, 0.717) is 12.5 Å². The van der Waals surface area contributed by atoms with Crippen molar-refractivity contribution in [3.63, 3.8) is 0 Å². The van der Waals surface area contributed by atoms with Gasteiger partial charge in [-0.3, -0.25) is 9.59 Å². The number of carbonyl (C=O) groups excluding carboxylic acids is 2. The molecule has 2 aromatic rings. The molecule has 0 bridgehead atoms. The van der Waals surface area contributed by atoms with E-state index in [1.165, 1.54) is 0 Å². The third kappa shape index (κ3) is 4.43. The van der Waals surface area contributed by atoms with Gasteiger partial charge in [-0.2, -0.15) is 0 Å². The quantitative estimate of drug-likeness (QED) is 0.798. The van der Waals surface area contributed by atoms with Gasteiger partial charge in [0, 0.05) is 48.1 Å². The Balaban J connectivity index is 1.73. The molecular weight excluding hydrogens is 406 g/mol. The Morgan fingerprint density at radius 3 is 2.52 bits per heavy atom. The van der Waals surface area contributed by atoms with Crippen molar-refractivity contribution < 1.29 is 9.59 Å². The average molecular weight is 432 g/mol. The number of aromatic nitrogens is 1. The molecule has 1 aromatic carbocycles. The molecule has 0 radical (unpaired) electrons. The van der Waals surface area contributed by atoms with Crippen LogP contribution in [0.15, 0.2) is 34.8 Å². The van der Waals surface area contributed by atoms with Crippen LogP contribution in [0.25, 0.3) is 5.69 Å². The van der Waals surface area contributed by atoms with Gasteiger partial charge in [0.15, 0.2) is 0 Å². The van der Waals surface area contributed by atoms with Gasteiger partial charge in [0.25, 0.3) is 5.91 Å². The van der Waals surface area contributed by atoms with E-state index in [1.54, 1.807) is 6.92 Å². The normalized spacial score (nSPS) is 15.0. The molecule has 0 saturated carbocycles. The summed E-state index contributed by atoms with van der Waals surface area (Å²) in [6.45, 7) is 7.76. The molecule has 2 amide bonds. The third-order valence-corrected chi connectivity index (χ3v) is 5.76. The van der Waals surface area contributed by atoms with Crippen molar-refractivity contribution in [2.75, 3.05) is 19.6 Å². The first-order valence-corrected chi connectivity index (χ1v) is 10.1. The number of hydrogen-bond acceptors (Lipinski definition) is 2. The summed E-state index contributed by atoms with van der Waals surface area (Å²) in [5.41, 5.74) is 3.84. The van der Waals surface area contributed by atoms with Gasteiger partial charge in [0.2, 0.25) is 5.91 Å². The minimum absolute atomic E-state index is 0.00787. The maximum atomic E-state index is 13.1. The molecule has 6 heteroatoms. The van der Waals surface area contributed by atoms with Gasteiger partial charge in [-0.25, -0.2) is 0 Å². The Bertz CT molecular complexity index is 851. The fraction of sp³-hybridized carbons (Fsp3) is 0.429. The second kappa shape index (κ2) is 8.30. The summed E-state index contributed by atoms with van der Waals surface area (Å²) in [6.07, 6.45) is 1.85. The molecule has 1 aliphatic rings. The monoisotopic (exact) mass is 431 g/mol. The fourth-order valence-corrected chi connectivity index (χ4v) is 4.18. The molecule has 3 rings (SSSR count). The lowest BCUT2D eigenvalue weighted by Crippen LogP contribution is -2.41. The second-order valence-corrected chi connectivity index (χ2v) is 8.19. The lowest BCUT2D eigenvalue weighted by molar-refractivity contribution is -0.119. The maximum Gasteiger partial charge on any atom is 0.255 e. The Morgan fingerprint density at radius 2 is 1.89 bits per heavy atom. The Kier molecular flexibility index (Phi) is 6.05. The number of aryl methyl sites for hydroxylation is 1. The van der Waals surface area contributed by atoms with Crippen molar-refractivity contribution in [3.8, 4) is 5.69 Å². The number of likely N-dealkylation sites (tertiary alicyclic amines) is 1. The Hall–Kier alpha value is -2.08. The van der Waals surface area contributed by atoms with Crippen LogP contribution in [-0.4, -0.2) is 40.9 Å². The highest BCUT2D eigenvalue weighted by Gasteiger charge is 2.26. The van der Waals surface area contributed by atoms with Crippen molar-refractivity contribution in [3.05, 3.63) is 51.8 Å². The van der Waals surface area contributed by atoms with E-state index in [2.05, 4.69) is 31.9 Å². The lowest BCUT2D eigenvalue weighted by Gasteiger charge is -2.32. The molecule has 1 aromatic heterocycles. The Labute approximate surface area is 168 Å². The van der Waals surface area contributed by atoms with E-state index >= 15 is 0 Å². The first-order chi connectivity index (χ1) is 12.9. The largest absolute Gasteiger partial charge is 0.356 e. The zero-order chi connectivity index (χ0) is 19.6. The first kappa shape index (κ1) is 19.7. The number of benzene rings is 1. The number of hydrogen-bond donors (Lipinski definition) is 1. The Morgan fingerprint density at radius 1 is 1.19 bits per heavy atom. The predicted molar refractivity (Wildman–Crippen MR) is 110 cm³/mol. The number of carbonyl (C=O) groups is 2. The predicted octanol–water partition coefficient (Wildman–Crippen LogP) is 3.84. The lowest BCUT2D eigenvalue weighted by atomic mass is 9.96. The second-order valence-electron chi connectivity index (χ2n) is 7.27. The molecule has 1 saturated heterocycles. The molecule has 1 fully saturated rings. The summed E-state index contributed by atoms with van der Waals surface area (Å²) < 4.78 is 3.14.